The highest BCUT2D eigenvalue weighted by Crippen LogP contribution is 2.32. The van der Waals surface area contributed by atoms with Crippen molar-refractivity contribution in [2.75, 3.05) is 0 Å². The van der Waals surface area contributed by atoms with Gasteiger partial charge in [-0.3, -0.25) is 10.2 Å². The number of carbonyl (C=O) groups is 1. The molecule has 4 rings (SSSR count). The van der Waals surface area contributed by atoms with E-state index in [1.54, 1.807) is 18.3 Å². The van der Waals surface area contributed by atoms with Crippen LogP contribution in [0.4, 0.5) is 4.39 Å². The van der Waals surface area contributed by atoms with Crippen LogP contribution in [0.5, 0.6) is 0 Å². The molecule has 1 fully saturated rings. The van der Waals surface area contributed by atoms with Crippen LogP contribution >= 0.6 is 0 Å². The van der Waals surface area contributed by atoms with Crippen molar-refractivity contribution in [2.24, 2.45) is 0 Å². The Kier molecular flexibility index (Phi) is 5.42. The van der Waals surface area contributed by atoms with Crippen molar-refractivity contribution in [1.82, 2.24) is 16.2 Å². The molecule has 2 aromatic carbocycles. The van der Waals surface area contributed by atoms with Crippen molar-refractivity contribution < 1.29 is 9.18 Å². The van der Waals surface area contributed by atoms with E-state index in [2.05, 4.69) is 28.3 Å². The van der Waals surface area contributed by atoms with Crippen molar-refractivity contribution in [3.8, 4) is 0 Å². The van der Waals surface area contributed by atoms with Crippen molar-refractivity contribution in [3.05, 3.63) is 89.1 Å². The average molecular weight is 377 g/mol. The first-order valence-corrected chi connectivity index (χ1v) is 9.80. The Bertz CT molecular complexity index is 894. The molecule has 3 N–H and O–H groups in total. The van der Waals surface area contributed by atoms with Crippen molar-refractivity contribution in [2.45, 2.75) is 38.0 Å². The molecule has 0 aromatic heterocycles. The SMILES string of the molecule is O=C(NC1=CC(c2ccc(F)cc2)=CNN1)c1ccc(C2CCCCC2)cc1. The zero-order valence-electron chi connectivity index (χ0n) is 15.7. The molecule has 144 valence electrons. The molecule has 0 bridgehead atoms. The summed E-state index contributed by atoms with van der Waals surface area (Å²) in [6.07, 6.45) is 9.99. The third-order valence-electron chi connectivity index (χ3n) is 5.41. The van der Waals surface area contributed by atoms with E-state index in [-0.39, 0.29) is 11.7 Å². The summed E-state index contributed by atoms with van der Waals surface area (Å²) in [5, 5.41) is 2.88. The van der Waals surface area contributed by atoms with Gasteiger partial charge in [0.05, 0.1) is 0 Å². The third-order valence-corrected chi connectivity index (χ3v) is 5.41. The molecule has 5 heteroatoms. The second kappa shape index (κ2) is 8.30. The molecule has 0 radical (unpaired) electrons. The number of carbonyl (C=O) groups excluding carboxylic acids is 1. The highest BCUT2D eigenvalue weighted by Gasteiger charge is 2.16. The van der Waals surface area contributed by atoms with Crippen LogP contribution in [-0.4, -0.2) is 5.91 Å². The fraction of sp³-hybridized carbons (Fsp3) is 0.261. The molecule has 4 nitrogen and oxygen atoms in total. The standard InChI is InChI=1S/C23H24FN3O/c24-21-12-10-18(11-13-21)20-14-22(27-25-15-20)26-23(28)19-8-6-17(7-9-19)16-4-2-1-3-5-16/h6-16,25,27H,1-5H2,(H,26,28). The molecule has 28 heavy (non-hydrogen) atoms. The fourth-order valence-corrected chi connectivity index (χ4v) is 3.84. The normalized spacial score (nSPS) is 17.0. The van der Waals surface area contributed by atoms with Crippen LogP contribution in [0.1, 0.15) is 59.5 Å². The number of benzene rings is 2. The molecule has 0 spiro atoms. The van der Waals surface area contributed by atoms with E-state index in [0.29, 0.717) is 17.3 Å². The largest absolute Gasteiger partial charge is 0.307 e. The molecule has 1 saturated carbocycles. The van der Waals surface area contributed by atoms with E-state index in [1.807, 2.05) is 18.2 Å². The summed E-state index contributed by atoms with van der Waals surface area (Å²) in [6.45, 7) is 0. The molecule has 0 unspecified atom stereocenters. The zero-order chi connectivity index (χ0) is 19.3. The van der Waals surface area contributed by atoms with Crippen LogP contribution in [0.15, 0.2) is 66.6 Å². The summed E-state index contributed by atoms with van der Waals surface area (Å²) in [4.78, 5) is 12.6. The van der Waals surface area contributed by atoms with Gasteiger partial charge in [0.2, 0.25) is 0 Å². The van der Waals surface area contributed by atoms with Gasteiger partial charge in [0, 0.05) is 17.3 Å². The second-order valence-electron chi connectivity index (χ2n) is 7.34. The number of amides is 1. The van der Waals surface area contributed by atoms with Gasteiger partial charge in [-0.05, 0) is 60.2 Å². The van der Waals surface area contributed by atoms with Gasteiger partial charge in [0.25, 0.3) is 5.91 Å². The molecule has 1 aliphatic carbocycles. The van der Waals surface area contributed by atoms with Crippen LogP contribution < -0.4 is 16.2 Å². The Morgan fingerprint density at radius 3 is 2.39 bits per heavy atom. The number of halogens is 1. The lowest BCUT2D eigenvalue weighted by Crippen LogP contribution is -2.39. The molecule has 2 aromatic rings. The van der Waals surface area contributed by atoms with E-state index < -0.39 is 0 Å². The lowest BCUT2D eigenvalue weighted by molar-refractivity contribution is 0.0962. The molecule has 1 amide bonds. The summed E-state index contributed by atoms with van der Waals surface area (Å²) >= 11 is 0. The van der Waals surface area contributed by atoms with Gasteiger partial charge in [-0.2, -0.15) is 0 Å². The quantitative estimate of drug-likeness (QED) is 0.730. The summed E-state index contributed by atoms with van der Waals surface area (Å²) < 4.78 is 13.1. The maximum Gasteiger partial charge on any atom is 0.256 e. The van der Waals surface area contributed by atoms with Gasteiger partial charge in [0.15, 0.2) is 0 Å². The van der Waals surface area contributed by atoms with E-state index in [1.165, 1.54) is 49.8 Å². The second-order valence-corrected chi connectivity index (χ2v) is 7.34. The van der Waals surface area contributed by atoms with Gasteiger partial charge >= 0.3 is 0 Å². The van der Waals surface area contributed by atoms with Crippen molar-refractivity contribution >= 4 is 11.5 Å². The topological polar surface area (TPSA) is 53.2 Å². The Labute approximate surface area is 164 Å². The molecular weight excluding hydrogens is 353 g/mol. The first-order chi connectivity index (χ1) is 13.7. The number of hydrogen-bond acceptors (Lipinski definition) is 3. The van der Waals surface area contributed by atoms with Crippen molar-refractivity contribution in [3.63, 3.8) is 0 Å². The molecule has 1 aliphatic heterocycles. The van der Waals surface area contributed by atoms with Gasteiger partial charge in [0.1, 0.15) is 11.6 Å². The van der Waals surface area contributed by atoms with Crippen LogP contribution in [-0.2, 0) is 0 Å². The summed E-state index contributed by atoms with van der Waals surface area (Å²) in [5.41, 5.74) is 9.50. The summed E-state index contributed by atoms with van der Waals surface area (Å²) in [6, 6.07) is 14.2. The minimum Gasteiger partial charge on any atom is -0.307 e. The van der Waals surface area contributed by atoms with Gasteiger partial charge < -0.3 is 10.7 Å². The number of rotatable bonds is 4. The Morgan fingerprint density at radius 2 is 1.68 bits per heavy atom. The number of allylic oxidation sites excluding steroid dienone is 2. The summed E-state index contributed by atoms with van der Waals surface area (Å²) in [5.74, 6) is 0.723. The highest BCUT2D eigenvalue weighted by atomic mass is 19.1. The van der Waals surface area contributed by atoms with Crippen LogP contribution in [0, 0.1) is 5.82 Å². The smallest absolute Gasteiger partial charge is 0.256 e. The zero-order valence-corrected chi connectivity index (χ0v) is 15.7. The van der Waals surface area contributed by atoms with Gasteiger partial charge in [-0.1, -0.05) is 43.5 Å². The Hall–Kier alpha value is -3.08. The van der Waals surface area contributed by atoms with E-state index in [9.17, 15) is 9.18 Å². The minimum absolute atomic E-state index is 0.170. The molecule has 1 heterocycles. The first-order valence-electron chi connectivity index (χ1n) is 9.80. The van der Waals surface area contributed by atoms with Crippen molar-refractivity contribution in [1.29, 1.82) is 0 Å². The van der Waals surface area contributed by atoms with Crippen LogP contribution in [0.3, 0.4) is 0 Å². The van der Waals surface area contributed by atoms with Crippen LogP contribution in [0.25, 0.3) is 5.57 Å². The van der Waals surface area contributed by atoms with Gasteiger partial charge in [-0.25, -0.2) is 4.39 Å². The monoisotopic (exact) mass is 377 g/mol. The third kappa shape index (κ3) is 4.25. The molecule has 0 saturated heterocycles. The minimum atomic E-state index is -0.277. The predicted octanol–water partition coefficient (Wildman–Crippen LogP) is 4.59. The number of nitrogens with one attached hydrogen (secondary N) is 3. The molecule has 2 aliphatic rings. The van der Waals surface area contributed by atoms with E-state index in [0.717, 1.165) is 11.1 Å². The average Bonchev–Trinajstić information content (AvgIpc) is 2.75. The lowest BCUT2D eigenvalue weighted by atomic mass is 9.84. The number of hydrogen-bond donors (Lipinski definition) is 3. The Morgan fingerprint density at radius 1 is 0.964 bits per heavy atom. The fourth-order valence-electron chi connectivity index (χ4n) is 3.84. The number of hydrazine groups is 1. The molecular formula is C23H24FN3O. The predicted molar refractivity (Wildman–Crippen MR) is 108 cm³/mol. The maximum absolute atomic E-state index is 13.1. The highest BCUT2D eigenvalue weighted by molar-refractivity contribution is 5.95. The summed E-state index contributed by atoms with van der Waals surface area (Å²) in [7, 11) is 0. The van der Waals surface area contributed by atoms with Gasteiger partial charge in [-0.15, -0.1) is 0 Å². The lowest BCUT2D eigenvalue weighted by Gasteiger charge is -2.22. The van der Waals surface area contributed by atoms with E-state index in [4.69, 9.17) is 0 Å². The molecule has 0 atom stereocenters. The van der Waals surface area contributed by atoms with Crippen LogP contribution in [0.2, 0.25) is 0 Å². The Balaban J connectivity index is 1.42. The van der Waals surface area contributed by atoms with E-state index >= 15 is 0 Å². The maximum atomic E-state index is 13.1. The first kappa shape index (κ1) is 18.3.